The zero-order chi connectivity index (χ0) is 13.8. The van der Waals surface area contributed by atoms with Crippen LogP contribution in [0.25, 0.3) is 0 Å². The van der Waals surface area contributed by atoms with Gasteiger partial charge in [-0.15, -0.1) is 0 Å². The maximum atomic E-state index is 12.8. The first kappa shape index (κ1) is 13.5. The molecule has 1 amide bonds. The molecule has 2 aromatic rings. The maximum absolute atomic E-state index is 12.8. The number of aromatic nitrogens is 1. The van der Waals surface area contributed by atoms with Crippen molar-refractivity contribution >= 4 is 17.5 Å². The number of amides is 1. The van der Waals surface area contributed by atoms with Crippen LogP contribution in [0.3, 0.4) is 0 Å². The molecular formula is C14H12ClFN2O. The number of benzene rings is 1. The zero-order valence-corrected chi connectivity index (χ0v) is 11.1. The van der Waals surface area contributed by atoms with Crippen molar-refractivity contribution in [3.8, 4) is 0 Å². The first-order chi connectivity index (χ1) is 9.06. The molecule has 0 saturated heterocycles. The highest BCUT2D eigenvalue weighted by molar-refractivity contribution is 6.30. The predicted molar refractivity (Wildman–Crippen MR) is 71.4 cm³/mol. The highest BCUT2D eigenvalue weighted by Gasteiger charge is 2.13. The average Bonchev–Trinajstić information content (AvgIpc) is 2.40. The van der Waals surface area contributed by atoms with E-state index in [9.17, 15) is 9.18 Å². The van der Waals surface area contributed by atoms with E-state index in [1.807, 2.05) is 0 Å². The quantitative estimate of drug-likeness (QED) is 0.864. The van der Waals surface area contributed by atoms with Gasteiger partial charge in [-0.05, 0) is 29.8 Å². The normalized spacial score (nSPS) is 10.3. The van der Waals surface area contributed by atoms with Gasteiger partial charge in [0, 0.05) is 24.8 Å². The summed E-state index contributed by atoms with van der Waals surface area (Å²) < 4.78 is 12.8. The second-order valence-corrected chi connectivity index (χ2v) is 4.58. The van der Waals surface area contributed by atoms with Crippen molar-refractivity contribution in [2.75, 3.05) is 7.05 Å². The van der Waals surface area contributed by atoms with E-state index in [4.69, 9.17) is 11.6 Å². The number of pyridine rings is 1. The number of carbonyl (C=O) groups excluding carboxylic acids is 1. The molecule has 0 bridgehead atoms. The molecule has 98 valence electrons. The molecule has 0 unspecified atom stereocenters. The summed E-state index contributed by atoms with van der Waals surface area (Å²) in [6.45, 7) is 0.382. The molecule has 0 N–H and O–H groups in total. The lowest BCUT2D eigenvalue weighted by atomic mass is 10.2. The largest absolute Gasteiger partial charge is 0.336 e. The minimum absolute atomic E-state index is 0.230. The summed E-state index contributed by atoms with van der Waals surface area (Å²) in [4.78, 5) is 17.6. The van der Waals surface area contributed by atoms with E-state index in [1.54, 1.807) is 25.2 Å². The van der Waals surface area contributed by atoms with Gasteiger partial charge in [-0.3, -0.25) is 9.78 Å². The van der Waals surface area contributed by atoms with Crippen molar-refractivity contribution in [1.82, 2.24) is 9.88 Å². The summed E-state index contributed by atoms with van der Waals surface area (Å²) in [6.07, 6.45) is 1.49. The van der Waals surface area contributed by atoms with E-state index in [1.165, 1.54) is 29.3 Å². The molecule has 2 rings (SSSR count). The smallest absolute Gasteiger partial charge is 0.272 e. The zero-order valence-electron chi connectivity index (χ0n) is 10.3. The molecule has 0 atom stereocenters. The molecule has 0 aliphatic rings. The molecule has 1 aromatic heterocycles. The predicted octanol–water partition coefficient (Wildman–Crippen LogP) is 3.15. The Morgan fingerprint density at radius 2 is 2.00 bits per heavy atom. The minimum Gasteiger partial charge on any atom is -0.336 e. The molecule has 3 nitrogen and oxygen atoms in total. The Kier molecular flexibility index (Phi) is 4.12. The maximum Gasteiger partial charge on any atom is 0.272 e. The van der Waals surface area contributed by atoms with Crippen LogP contribution in [-0.4, -0.2) is 22.8 Å². The highest BCUT2D eigenvalue weighted by Crippen LogP contribution is 2.11. The summed E-state index contributed by atoms with van der Waals surface area (Å²) >= 11 is 5.82. The Hall–Kier alpha value is -1.94. The van der Waals surface area contributed by atoms with Crippen LogP contribution in [0.1, 0.15) is 16.1 Å². The van der Waals surface area contributed by atoms with E-state index in [2.05, 4.69) is 4.98 Å². The van der Waals surface area contributed by atoms with Crippen LogP contribution in [0, 0.1) is 5.82 Å². The third-order valence-corrected chi connectivity index (χ3v) is 2.86. The third-order valence-electron chi connectivity index (χ3n) is 2.62. The molecule has 19 heavy (non-hydrogen) atoms. The summed E-state index contributed by atoms with van der Waals surface area (Å²) in [5.41, 5.74) is 1.14. The lowest BCUT2D eigenvalue weighted by Crippen LogP contribution is -2.26. The Balaban J connectivity index is 2.09. The fourth-order valence-electron chi connectivity index (χ4n) is 1.65. The molecule has 0 spiro atoms. The van der Waals surface area contributed by atoms with Gasteiger partial charge in [0.2, 0.25) is 0 Å². The molecule has 0 aliphatic carbocycles. The standard InChI is InChI=1S/C14H12ClFN2O/c1-18(9-10-2-4-12(16)5-3-10)14(19)13-8-11(15)6-7-17-13/h2-8H,9H2,1H3. The first-order valence-corrected chi connectivity index (χ1v) is 6.05. The Labute approximate surface area is 115 Å². The van der Waals surface area contributed by atoms with E-state index >= 15 is 0 Å². The fraction of sp³-hybridized carbons (Fsp3) is 0.143. The molecule has 0 radical (unpaired) electrons. The minimum atomic E-state index is -0.297. The van der Waals surface area contributed by atoms with Crippen molar-refractivity contribution < 1.29 is 9.18 Å². The average molecular weight is 279 g/mol. The monoisotopic (exact) mass is 278 g/mol. The van der Waals surface area contributed by atoms with Gasteiger partial charge in [0.15, 0.2) is 0 Å². The SMILES string of the molecule is CN(Cc1ccc(F)cc1)C(=O)c1cc(Cl)ccn1. The van der Waals surface area contributed by atoms with E-state index in [0.29, 0.717) is 11.6 Å². The number of hydrogen-bond acceptors (Lipinski definition) is 2. The van der Waals surface area contributed by atoms with Crippen molar-refractivity contribution in [1.29, 1.82) is 0 Å². The van der Waals surface area contributed by atoms with Crippen LogP contribution in [-0.2, 0) is 6.54 Å². The Morgan fingerprint density at radius 1 is 1.32 bits per heavy atom. The van der Waals surface area contributed by atoms with Crippen LogP contribution >= 0.6 is 11.6 Å². The number of halogens is 2. The van der Waals surface area contributed by atoms with Gasteiger partial charge in [0.25, 0.3) is 5.91 Å². The van der Waals surface area contributed by atoms with Gasteiger partial charge in [0.1, 0.15) is 11.5 Å². The molecule has 0 saturated carbocycles. The number of carbonyl (C=O) groups is 1. The van der Waals surface area contributed by atoms with E-state index in [-0.39, 0.29) is 17.4 Å². The van der Waals surface area contributed by atoms with Crippen LogP contribution in [0.5, 0.6) is 0 Å². The van der Waals surface area contributed by atoms with Crippen LogP contribution < -0.4 is 0 Å². The van der Waals surface area contributed by atoms with Crippen LogP contribution in [0.2, 0.25) is 5.02 Å². The van der Waals surface area contributed by atoms with Gasteiger partial charge >= 0.3 is 0 Å². The summed E-state index contributed by atoms with van der Waals surface area (Å²) in [5.74, 6) is -0.527. The fourth-order valence-corrected chi connectivity index (χ4v) is 1.81. The summed E-state index contributed by atoms with van der Waals surface area (Å²) in [5, 5.41) is 0.466. The van der Waals surface area contributed by atoms with Gasteiger partial charge in [0.05, 0.1) is 0 Å². The van der Waals surface area contributed by atoms with Crippen molar-refractivity contribution in [3.05, 3.63) is 64.7 Å². The molecule has 0 fully saturated rings. The molecule has 0 aliphatic heterocycles. The van der Waals surface area contributed by atoms with Crippen molar-refractivity contribution in [2.24, 2.45) is 0 Å². The Morgan fingerprint density at radius 3 is 2.63 bits per heavy atom. The number of rotatable bonds is 3. The van der Waals surface area contributed by atoms with E-state index in [0.717, 1.165) is 5.56 Å². The van der Waals surface area contributed by atoms with Gasteiger partial charge in [-0.2, -0.15) is 0 Å². The molecule has 1 aromatic carbocycles. The highest BCUT2D eigenvalue weighted by atomic mass is 35.5. The summed E-state index contributed by atoms with van der Waals surface area (Å²) in [6, 6.07) is 9.15. The van der Waals surface area contributed by atoms with Crippen LogP contribution in [0.4, 0.5) is 4.39 Å². The first-order valence-electron chi connectivity index (χ1n) is 5.68. The third kappa shape index (κ3) is 3.51. The van der Waals surface area contributed by atoms with Gasteiger partial charge in [-0.25, -0.2) is 4.39 Å². The Bertz CT molecular complexity index is 586. The van der Waals surface area contributed by atoms with Crippen molar-refractivity contribution in [2.45, 2.75) is 6.54 Å². The van der Waals surface area contributed by atoms with E-state index < -0.39 is 0 Å². The van der Waals surface area contributed by atoms with Gasteiger partial charge < -0.3 is 4.90 Å². The van der Waals surface area contributed by atoms with Crippen LogP contribution in [0.15, 0.2) is 42.6 Å². The lowest BCUT2D eigenvalue weighted by molar-refractivity contribution is 0.0779. The second-order valence-electron chi connectivity index (χ2n) is 4.15. The molecular weight excluding hydrogens is 267 g/mol. The topological polar surface area (TPSA) is 33.2 Å². The lowest BCUT2D eigenvalue weighted by Gasteiger charge is -2.16. The number of nitrogens with zero attached hydrogens (tertiary/aromatic N) is 2. The molecule has 5 heteroatoms. The second kappa shape index (κ2) is 5.80. The van der Waals surface area contributed by atoms with Crippen molar-refractivity contribution in [3.63, 3.8) is 0 Å². The van der Waals surface area contributed by atoms with Gasteiger partial charge in [-0.1, -0.05) is 23.7 Å². The number of hydrogen-bond donors (Lipinski definition) is 0. The molecule has 1 heterocycles. The summed E-state index contributed by atoms with van der Waals surface area (Å²) in [7, 11) is 1.66.